The van der Waals surface area contributed by atoms with Crippen LogP contribution in [0.25, 0.3) is 5.57 Å². The lowest BCUT2D eigenvalue weighted by Crippen LogP contribution is -2.60. The number of aliphatic imine (C=N–C) groups is 1. The van der Waals surface area contributed by atoms with Crippen LogP contribution in [0.15, 0.2) is 119 Å². The molecule has 0 aromatic heterocycles. The second-order valence-corrected chi connectivity index (χ2v) is 21.9. The molecule has 6 amide bonds. The Bertz CT molecular complexity index is 3200. The van der Waals surface area contributed by atoms with Crippen molar-refractivity contribution in [2.24, 2.45) is 22.2 Å². The SMILES string of the molecule is CN(C)c1ccc2c(c1)Oc1cc(N(C)C)ccc1C2=C1C=CC(=NC(=O)CSC[C@H](NC(=O)CN)C(=O)N[C@@H](Cc2ccc(O)cc2)C(=O)N[C@@H](Cc2ccc(O)cc2)C(=O)N[C@@H](CCCCN)C(=O)N[C@@H](CCCCN)C(=O)O)C=C1C(=O)O. The van der Waals surface area contributed by atoms with Gasteiger partial charge < -0.3 is 78.7 Å². The molecule has 25 heteroatoms. The normalized spacial score (nSPS) is 14.6. The van der Waals surface area contributed by atoms with Gasteiger partial charge in [-0.15, -0.1) is 11.8 Å². The third kappa shape index (κ3) is 18.7. The smallest absolute Gasteiger partial charge is 0.336 e. The molecule has 24 nitrogen and oxygen atoms in total. The fourth-order valence-electron chi connectivity index (χ4n) is 9.34. The molecule has 0 fully saturated rings. The number of ether oxygens (including phenoxy) is 1. The van der Waals surface area contributed by atoms with E-state index in [1.54, 1.807) is 6.08 Å². The number of fused-ring (bicyclic) bond motifs is 2. The van der Waals surface area contributed by atoms with E-state index >= 15 is 0 Å². The van der Waals surface area contributed by atoms with E-state index in [1.165, 1.54) is 60.7 Å². The van der Waals surface area contributed by atoms with Crippen LogP contribution in [0.1, 0.15) is 60.8 Å². The number of nitrogens with one attached hydrogen (secondary N) is 5. The highest BCUT2D eigenvalue weighted by Crippen LogP contribution is 2.48. The number of nitrogens with zero attached hydrogens (tertiary/aromatic N) is 3. The maximum Gasteiger partial charge on any atom is 0.336 e. The molecule has 1 aliphatic carbocycles. The molecule has 6 rings (SSSR count). The molecule has 0 saturated heterocycles. The minimum absolute atomic E-state index is 0.0354. The number of aliphatic carboxylic acids is 2. The van der Waals surface area contributed by atoms with Crippen molar-refractivity contribution in [3.8, 4) is 23.0 Å². The molecule has 458 valence electrons. The lowest BCUT2D eigenvalue weighted by molar-refractivity contribution is -0.142. The number of nitrogens with two attached hydrogens (primary N) is 3. The highest BCUT2D eigenvalue weighted by molar-refractivity contribution is 8.00. The molecule has 2 aliphatic rings. The van der Waals surface area contributed by atoms with Crippen LogP contribution in [0.2, 0.25) is 0 Å². The summed E-state index contributed by atoms with van der Waals surface area (Å²) >= 11 is 0.902. The van der Waals surface area contributed by atoms with Crippen LogP contribution in [-0.4, -0.2) is 163 Å². The first-order valence-electron chi connectivity index (χ1n) is 27.9. The Kier molecular flexibility index (Phi) is 24.4. The van der Waals surface area contributed by atoms with Crippen LogP contribution in [0, 0.1) is 0 Å². The van der Waals surface area contributed by atoms with Crippen molar-refractivity contribution in [2.75, 3.05) is 69.1 Å². The second kappa shape index (κ2) is 31.7. The Morgan fingerprint density at radius 3 is 1.51 bits per heavy atom. The number of carboxylic acid groups (broad SMARTS) is 2. The van der Waals surface area contributed by atoms with Crippen LogP contribution < -0.4 is 58.3 Å². The summed E-state index contributed by atoms with van der Waals surface area (Å²) in [6.45, 7) is 0.0454. The van der Waals surface area contributed by atoms with E-state index < -0.39 is 84.1 Å². The number of aromatic hydroxyl groups is 2. The quantitative estimate of drug-likeness (QED) is 0.0294. The van der Waals surface area contributed by atoms with Gasteiger partial charge in [-0.25, -0.2) is 14.6 Å². The first kappa shape index (κ1) is 66.1. The van der Waals surface area contributed by atoms with Crippen LogP contribution in [0.4, 0.5) is 11.4 Å². The average Bonchev–Trinajstić information content (AvgIpc) is 0.854. The first-order valence-corrected chi connectivity index (χ1v) is 29.0. The standard InChI is InChI=1S/C61H75N11O13S/c1-71(2)38-16-23-43-51(30-38)85-52-31-39(72(3)4)17-24-44(52)55(43)42-22-15-37(29-45(42)60(81)82)65-54(76)34-86-33-50(66-53(75)32-64)59(80)70-49(28-36-13-20-41(74)21-14-36)58(79)69-48(27-35-11-18-40(73)19-12-35)57(78)67-46(9-5-7-25-62)56(77)68-47(61(83)84)10-6-8-26-63/h11-24,29-31,46-50,73-74H,5-10,25-28,32-34,62-64H2,1-4H3,(H,66,75)(H,67,78)(H,68,77)(H,69,79)(H,70,80)(H,81,82)(H,83,84)/t46-,47-,48-,49-,50-/m0/s1. The number of allylic oxidation sites excluding steroid dienone is 3. The number of carbonyl (C=O) groups excluding carboxylic acids is 6. The second-order valence-electron chi connectivity index (χ2n) is 20.9. The molecular weight excluding hydrogens is 1130 g/mol. The van der Waals surface area contributed by atoms with Crippen molar-refractivity contribution in [3.05, 3.63) is 137 Å². The number of anilines is 2. The number of unbranched alkanes of at least 4 members (excludes halogenated alkanes) is 2. The minimum Gasteiger partial charge on any atom is -0.508 e. The van der Waals surface area contributed by atoms with Crippen LogP contribution in [-0.2, 0) is 51.2 Å². The maximum atomic E-state index is 14.6. The maximum absolute atomic E-state index is 14.6. The molecule has 0 spiro atoms. The summed E-state index contributed by atoms with van der Waals surface area (Å²) in [6.07, 6.45) is 5.84. The van der Waals surface area contributed by atoms with Gasteiger partial charge in [-0.1, -0.05) is 30.3 Å². The fraction of sp³-hybridized carbons (Fsp3) is 0.361. The first-order chi connectivity index (χ1) is 41.1. The number of rotatable bonds is 30. The Hall–Kier alpha value is -9.04. The molecular formula is C61H75N11O13S. The summed E-state index contributed by atoms with van der Waals surface area (Å²) in [5.41, 5.74) is 21.8. The number of amides is 6. The number of hydrogen-bond donors (Lipinski definition) is 12. The van der Waals surface area contributed by atoms with E-state index in [4.69, 9.17) is 21.9 Å². The van der Waals surface area contributed by atoms with E-state index in [2.05, 4.69) is 31.6 Å². The van der Waals surface area contributed by atoms with Gasteiger partial charge in [0.05, 0.1) is 23.6 Å². The number of carbonyl (C=O) groups is 8. The minimum atomic E-state index is -1.49. The molecule has 86 heavy (non-hydrogen) atoms. The number of benzene rings is 4. The zero-order valence-electron chi connectivity index (χ0n) is 48.3. The number of thioether (sulfide) groups is 1. The van der Waals surface area contributed by atoms with Crippen molar-refractivity contribution >= 4 is 81.8 Å². The van der Waals surface area contributed by atoms with Crippen LogP contribution in [0.5, 0.6) is 23.0 Å². The molecule has 1 heterocycles. The third-order valence-corrected chi connectivity index (χ3v) is 15.0. The predicted octanol–water partition coefficient (Wildman–Crippen LogP) is 2.63. The van der Waals surface area contributed by atoms with Gasteiger partial charge in [-0.05, 0) is 129 Å². The van der Waals surface area contributed by atoms with Gasteiger partial charge in [0.25, 0.3) is 5.91 Å². The molecule has 4 aromatic carbocycles. The van der Waals surface area contributed by atoms with Crippen molar-refractivity contribution in [2.45, 2.75) is 81.6 Å². The molecule has 0 radical (unpaired) electrons. The Morgan fingerprint density at radius 1 is 0.581 bits per heavy atom. The zero-order chi connectivity index (χ0) is 62.6. The summed E-state index contributed by atoms with van der Waals surface area (Å²) in [4.78, 5) is 117. The molecule has 4 aromatic rings. The fourth-order valence-corrected chi connectivity index (χ4v) is 10.2. The summed E-state index contributed by atoms with van der Waals surface area (Å²) in [5, 5.41) is 53.7. The van der Waals surface area contributed by atoms with Crippen molar-refractivity contribution in [1.29, 1.82) is 0 Å². The number of phenolic OH excluding ortho intramolecular Hbond substituents is 2. The topological polar surface area (TPSA) is 384 Å². The highest BCUT2D eigenvalue weighted by atomic mass is 32.2. The molecule has 0 bridgehead atoms. The number of hydrogen-bond acceptors (Lipinski definition) is 17. The van der Waals surface area contributed by atoms with Crippen molar-refractivity contribution in [3.63, 3.8) is 0 Å². The van der Waals surface area contributed by atoms with E-state index in [0.717, 1.165) is 23.1 Å². The monoisotopic (exact) mass is 1200 g/mol. The molecule has 5 atom stereocenters. The largest absolute Gasteiger partial charge is 0.508 e. The Labute approximate surface area is 502 Å². The van der Waals surface area contributed by atoms with Crippen LogP contribution in [0.3, 0.4) is 0 Å². The lowest BCUT2D eigenvalue weighted by atomic mass is 9.84. The van der Waals surface area contributed by atoms with E-state index in [-0.39, 0.29) is 66.5 Å². The Morgan fingerprint density at radius 2 is 1.05 bits per heavy atom. The summed E-state index contributed by atoms with van der Waals surface area (Å²) in [6, 6.07) is 15.8. The summed E-state index contributed by atoms with van der Waals surface area (Å²) < 4.78 is 6.42. The third-order valence-electron chi connectivity index (χ3n) is 14.0. The van der Waals surface area contributed by atoms with Gasteiger partial charge in [0, 0.05) is 87.0 Å². The van der Waals surface area contributed by atoms with Gasteiger partial charge in [0.1, 0.15) is 53.2 Å². The predicted molar refractivity (Wildman–Crippen MR) is 328 cm³/mol. The van der Waals surface area contributed by atoms with Gasteiger partial charge in [0.2, 0.25) is 29.5 Å². The van der Waals surface area contributed by atoms with Crippen molar-refractivity contribution < 1.29 is 63.5 Å². The lowest BCUT2D eigenvalue weighted by Gasteiger charge is -2.28. The average molecular weight is 1200 g/mol. The summed E-state index contributed by atoms with van der Waals surface area (Å²) in [7, 11) is 7.57. The van der Waals surface area contributed by atoms with Gasteiger partial charge in [0.15, 0.2) is 0 Å². The molecule has 0 saturated carbocycles. The highest BCUT2D eigenvalue weighted by Gasteiger charge is 2.34. The zero-order valence-corrected chi connectivity index (χ0v) is 49.2. The molecule has 15 N–H and O–H groups in total. The number of phenols is 2. The van der Waals surface area contributed by atoms with Crippen molar-refractivity contribution in [1.82, 2.24) is 26.6 Å². The van der Waals surface area contributed by atoms with Gasteiger partial charge in [-0.3, -0.25) is 28.8 Å². The van der Waals surface area contributed by atoms with E-state index in [1.807, 2.05) is 74.4 Å². The van der Waals surface area contributed by atoms with Gasteiger partial charge >= 0.3 is 11.9 Å². The van der Waals surface area contributed by atoms with E-state index in [9.17, 15) is 58.8 Å². The van der Waals surface area contributed by atoms with Gasteiger partial charge in [-0.2, -0.15) is 0 Å². The molecule has 0 unspecified atom stereocenters. The summed E-state index contributed by atoms with van der Waals surface area (Å²) in [5.74, 6) is -7.24. The number of carboxylic acids is 2. The molecule has 1 aliphatic heterocycles. The Balaban J connectivity index is 1.23. The van der Waals surface area contributed by atoms with Crippen LogP contribution >= 0.6 is 11.8 Å². The van der Waals surface area contributed by atoms with E-state index in [0.29, 0.717) is 77.1 Å².